The van der Waals surface area contributed by atoms with Crippen molar-refractivity contribution in [3.8, 4) is 6.07 Å². The van der Waals surface area contributed by atoms with Crippen LogP contribution in [0.4, 0.5) is 0 Å². The summed E-state index contributed by atoms with van der Waals surface area (Å²) in [6.45, 7) is 14.2. The van der Waals surface area contributed by atoms with Gasteiger partial charge in [-0.15, -0.1) is 0 Å². The first-order valence-electron chi connectivity index (χ1n) is 9.01. The predicted octanol–water partition coefficient (Wildman–Crippen LogP) is 4.79. The van der Waals surface area contributed by atoms with Crippen LogP contribution >= 0.6 is 0 Å². The topological polar surface area (TPSA) is 39.9 Å². The molecule has 1 aromatic rings. The Morgan fingerprint density at radius 3 is 2.13 bits per heavy atom. The van der Waals surface area contributed by atoms with E-state index in [-0.39, 0.29) is 0 Å². The van der Waals surface area contributed by atoms with Gasteiger partial charge in [0.05, 0.1) is 11.8 Å². The lowest BCUT2D eigenvalue weighted by Crippen LogP contribution is -2.43. The van der Waals surface area contributed by atoms with E-state index in [1.807, 2.05) is 24.4 Å². The molecule has 3 heteroatoms. The van der Waals surface area contributed by atoms with Crippen LogP contribution in [0.25, 0.3) is 0 Å². The summed E-state index contributed by atoms with van der Waals surface area (Å²) in [5.41, 5.74) is 0.441. The summed E-state index contributed by atoms with van der Waals surface area (Å²) in [6, 6.07) is 9.59. The van der Waals surface area contributed by atoms with Crippen molar-refractivity contribution in [2.75, 3.05) is 6.54 Å². The maximum absolute atomic E-state index is 10.1. The molecule has 0 amide bonds. The van der Waals surface area contributed by atoms with Crippen molar-refractivity contribution in [2.45, 2.75) is 78.3 Å². The molecule has 0 aromatic carbocycles. The summed E-state index contributed by atoms with van der Waals surface area (Å²) in [7, 11) is 0. The highest BCUT2D eigenvalue weighted by Gasteiger charge is 2.40. The first-order chi connectivity index (χ1) is 10.9. The van der Waals surface area contributed by atoms with E-state index < -0.39 is 5.41 Å². The van der Waals surface area contributed by atoms with Crippen molar-refractivity contribution in [1.29, 1.82) is 5.26 Å². The fraction of sp³-hybridized carbons (Fsp3) is 0.700. The molecule has 0 aliphatic heterocycles. The van der Waals surface area contributed by atoms with Gasteiger partial charge in [-0.25, -0.2) is 0 Å². The van der Waals surface area contributed by atoms with Gasteiger partial charge in [0.1, 0.15) is 5.41 Å². The minimum atomic E-state index is -0.493. The maximum atomic E-state index is 10.1. The van der Waals surface area contributed by atoms with Gasteiger partial charge in [0.15, 0.2) is 0 Å². The third kappa shape index (κ3) is 4.54. The summed E-state index contributed by atoms with van der Waals surface area (Å²) >= 11 is 0. The lowest BCUT2D eigenvalue weighted by Gasteiger charge is -2.38. The summed E-state index contributed by atoms with van der Waals surface area (Å²) in [5, 5.41) is 10.1. The van der Waals surface area contributed by atoms with Crippen molar-refractivity contribution in [3.63, 3.8) is 0 Å². The minimum Gasteiger partial charge on any atom is -0.298 e. The average molecular weight is 316 g/mol. The Bertz CT molecular complexity index is 477. The van der Waals surface area contributed by atoms with Gasteiger partial charge in [-0.05, 0) is 52.2 Å². The number of rotatable bonds is 9. The quantitative estimate of drug-likeness (QED) is 0.658. The van der Waals surface area contributed by atoms with Crippen molar-refractivity contribution >= 4 is 0 Å². The van der Waals surface area contributed by atoms with Gasteiger partial charge in [-0.3, -0.25) is 9.88 Å². The Morgan fingerprint density at radius 1 is 1.13 bits per heavy atom. The Kier molecular flexibility index (Phi) is 7.72. The van der Waals surface area contributed by atoms with Crippen LogP contribution in [-0.2, 0) is 5.41 Å². The van der Waals surface area contributed by atoms with Crippen LogP contribution < -0.4 is 0 Å². The smallest absolute Gasteiger partial charge is 0.103 e. The molecular formula is C20H33N3. The molecule has 0 spiro atoms. The summed E-state index contributed by atoms with van der Waals surface area (Å²) in [4.78, 5) is 7.04. The van der Waals surface area contributed by atoms with Crippen LogP contribution in [0, 0.1) is 17.2 Å². The van der Waals surface area contributed by atoms with Crippen LogP contribution in [0.15, 0.2) is 24.4 Å². The number of pyridine rings is 1. The van der Waals surface area contributed by atoms with Crippen LogP contribution in [0.1, 0.15) is 66.5 Å². The molecule has 1 aromatic heterocycles. The zero-order chi connectivity index (χ0) is 17.5. The number of hydrogen-bond acceptors (Lipinski definition) is 3. The second-order valence-corrected chi connectivity index (χ2v) is 6.99. The fourth-order valence-corrected chi connectivity index (χ4v) is 3.78. The average Bonchev–Trinajstić information content (AvgIpc) is 2.54. The van der Waals surface area contributed by atoms with Gasteiger partial charge in [-0.1, -0.05) is 32.8 Å². The number of hydrogen-bond donors (Lipinski definition) is 0. The van der Waals surface area contributed by atoms with Gasteiger partial charge in [0.25, 0.3) is 0 Å². The molecule has 128 valence electrons. The van der Waals surface area contributed by atoms with E-state index in [9.17, 15) is 5.26 Å². The van der Waals surface area contributed by atoms with Crippen LogP contribution in [-0.4, -0.2) is 28.5 Å². The molecule has 1 rings (SSSR count). The highest BCUT2D eigenvalue weighted by atomic mass is 15.2. The highest BCUT2D eigenvalue weighted by molar-refractivity contribution is 5.28. The van der Waals surface area contributed by atoms with Crippen molar-refractivity contribution < 1.29 is 0 Å². The van der Waals surface area contributed by atoms with Crippen molar-refractivity contribution in [1.82, 2.24) is 9.88 Å². The summed E-state index contributed by atoms with van der Waals surface area (Å²) < 4.78 is 0. The second kappa shape index (κ2) is 9.03. The first kappa shape index (κ1) is 19.6. The molecule has 0 aliphatic carbocycles. The Morgan fingerprint density at radius 2 is 1.74 bits per heavy atom. The lowest BCUT2D eigenvalue weighted by molar-refractivity contribution is 0.149. The monoisotopic (exact) mass is 315 g/mol. The fourth-order valence-electron chi connectivity index (χ4n) is 3.78. The molecule has 23 heavy (non-hydrogen) atoms. The molecule has 3 nitrogen and oxygen atoms in total. The van der Waals surface area contributed by atoms with E-state index in [0.29, 0.717) is 18.0 Å². The molecule has 0 radical (unpaired) electrons. The maximum Gasteiger partial charge on any atom is 0.103 e. The Balaban J connectivity index is 3.17. The van der Waals surface area contributed by atoms with Gasteiger partial charge < -0.3 is 0 Å². The summed E-state index contributed by atoms with van der Waals surface area (Å²) in [5.74, 6) is 0.337. The van der Waals surface area contributed by atoms with Crippen LogP contribution in [0.2, 0.25) is 0 Å². The Hall–Kier alpha value is -1.40. The van der Waals surface area contributed by atoms with Crippen molar-refractivity contribution in [2.24, 2.45) is 5.92 Å². The lowest BCUT2D eigenvalue weighted by atomic mass is 9.68. The SMILES string of the molecule is CCC(CC)[C@@](C#N)(CCN(C(C)C)C(C)C)c1ccccn1. The zero-order valence-corrected chi connectivity index (χ0v) is 15.7. The molecule has 0 saturated carbocycles. The van der Waals surface area contributed by atoms with Crippen LogP contribution in [0.5, 0.6) is 0 Å². The van der Waals surface area contributed by atoms with Gasteiger partial charge in [0.2, 0.25) is 0 Å². The molecule has 1 atom stereocenters. The third-order valence-corrected chi connectivity index (χ3v) is 5.09. The van der Waals surface area contributed by atoms with E-state index in [0.717, 1.165) is 31.5 Å². The number of nitriles is 1. The number of nitrogens with zero attached hydrogens (tertiary/aromatic N) is 3. The standard InChI is InChI=1S/C20H33N3/c1-7-18(8-2)20(15-21,19-11-9-10-13-22-19)12-14-23(16(3)4)17(5)6/h9-11,13,16-18H,7-8,12,14H2,1-6H3/t20-/m0/s1. The Labute approximate surface area is 142 Å². The van der Waals surface area contributed by atoms with E-state index in [2.05, 4.69) is 57.5 Å². The highest BCUT2D eigenvalue weighted by Crippen LogP contribution is 2.38. The summed E-state index contributed by atoms with van der Waals surface area (Å²) in [6.07, 6.45) is 4.66. The molecular weight excluding hydrogens is 282 g/mol. The van der Waals surface area contributed by atoms with Gasteiger partial charge in [0, 0.05) is 24.8 Å². The molecule has 0 bridgehead atoms. The largest absolute Gasteiger partial charge is 0.298 e. The predicted molar refractivity (Wildman–Crippen MR) is 97.2 cm³/mol. The molecule has 1 heterocycles. The molecule has 0 N–H and O–H groups in total. The van der Waals surface area contributed by atoms with Crippen LogP contribution in [0.3, 0.4) is 0 Å². The molecule has 0 unspecified atom stereocenters. The second-order valence-electron chi connectivity index (χ2n) is 6.99. The van der Waals surface area contributed by atoms with E-state index in [1.54, 1.807) is 0 Å². The first-order valence-corrected chi connectivity index (χ1v) is 9.01. The molecule has 0 saturated heterocycles. The third-order valence-electron chi connectivity index (χ3n) is 5.09. The minimum absolute atomic E-state index is 0.337. The molecule has 0 fully saturated rings. The van der Waals surface area contributed by atoms with E-state index in [1.165, 1.54) is 0 Å². The van der Waals surface area contributed by atoms with Gasteiger partial charge >= 0.3 is 0 Å². The zero-order valence-electron chi connectivity index (χ0n) is 15.7. The van der Waals surface area contributed by atoms with E-state index >= 15 is 0 Å². The molecule has 0 aliphatic rings. The number of aromatic nitrogens is 1. The van der Waals surface area contributed by atoms with Crippen molar-refractivity contribution in [3.05, 3.63) is 30.1 Å². The normalized spacial score (nSPS) is 14.5. The van der Waals surface area contributed by atoms with E-state index in [4.69, 9.17) is 0 Å². The van der Waals surface area contributed by atoms with Gasteiger partial charge in [-0.2, -0.15) is 5.26 Å².